The predicted molar refractivity (Wildman–Crippen MR) is 128 cm³/mol. The van der Waals surface area contributed by atoms with Crippen molar-refractivity contribution in [2.24, 2.45) is 0 Å². The van der Waals surface area contributed by atoms with E-state index in [-0.39, 0.29) is 5.91 Å². The maximum atomic E-state index is 12.4. The molecule has 31 heavy (non-hydrogen) atoms. The second kappa shape index (κ2) is 12.0. The number of aromatic nitrogens is 4. The van der Waals surface area contributed by atoms with Gasteiger partial charge in [-0.1, -0.05) is 30.8 Å². The lowest BCUT2D eigenvalue weighted by Crippen LogP contribution is -2.27. The molecule has 166 valence electrons. The smallest absolute Gasteiger partial charge is 0.252 e. The summed E-state index contributed by atoms with van der Waals surface area (Å²) in [7, 11) is 0. The van der Waals surface area contributed by atoms with Crippen LogP contribution in [-0.4, -0.2) is 57.7 Å². The summed E-state index contributed by atoms with van der Waals surface area (Å²) in [6, 6.07) is 7.35. The van der Waals surface area contributed by atoms with Crippen molar-refractivity contribution in [3.05, 3.63) is 40.5 Å². The zero-order valence-electron chi connectivity index (χ0n) is 17.7. The first-order valence-electron chi connectivity index (χ1n) is 10.3. The summed E-state index contributed by atoms with van der Waals surface area (Å²) in [5, 5.41) is 12.3. The Labute approximate surface area is 194 Å². The zero-order valence-corrected chi connectivity index (χ0v) is 20.1. The third-order valence-corrected chi connectivity index (χ3v) is 6.13. The van der Waals surface area contributed by atoms with E-state index in [9.17, 15) is 4.79 Å². The Morgan fingerprint density at radius 1 is 1.23 bits per heavy atom. The molecule has 0 fully saturated rings. The second-order valence-electron chi connectivity index (χ2n) is 6.67. The number of nitrogens with one attached hydrogen (secondary N) is 2. The first-order valence-corrected chi connectivity index (χ1v) is 12.1. The number of hydrogen-bond acceptors (Lipinski definition) is 7. The molecule has 8 nitrogen and oxygen atoms in total. The van der Waals surface area contributed by atoms with Crippen LogP contribution in [0.5, 0.6) is 0 Å². The van der Waals surface area contributed by atoms with Crippen molar-refractivity contribution >= 4 is 50.5 Å². The molecular weight excluding hydrogens is 480 g/mol. The highest BCUT2D eigenvalue weighted by atomic mass is 79.9. The van der Waals surface area contributed by atoms with Crippen LogP contribution in [0.15, 0.2) is 40.1 Å². The van der Waals surface area contributed by atoms with E-state index in [1.165, 1.54) is 0 Å². The zero-order chi connectivity index (χ0) is 22.1. The van der Waals surface area contributed by atoms with Crippen LogP contribution < -0.4 is 10.6 Å². The molecular formula is C21H27BrN6O2S. The predicted octanol–water partition coefficient (Wildman–Crippen LogP) is 3.97. The molecule has 0 saturated carbocycles. The number of hydrogen-bond donors (Lipinski definition) is 2. The van der Waals surface area contributed by atoms with Crippen molar-refractivity contribution in [1.82, 2.24) is 25.1 Å². The molecule has 0 aliphatic rings. The maximum Gasteiger partial charge on any atom is 0.252 e. The number of thioether (sulfide) groups is 1. The normalized spacial score (nSPS) is 11.1. The number of ether oxygens (including phenoxy) is 1. The first kappa shape index (κ1) is 23.5. The average Bonchev–Trinajstić information content (AvgIpc) is 3.18. The summed E-state index contributed by atoms with van der Waals surface area (Å²) in [6.45, 7) is 6.99. The summed E-state index contributed by atoms with van der Waals surface area (Å²) in [5.74, 6) is 1.57. The van der Waals surface area contributed by atoms with Crippen LogP contribution in [0, 0.1) is 0 Å². The van der Waals surface area contributed by atoms with Crippen LogP contribution >= 0.6 is 27.7 Å². The molecule has 0 aliphatic heterocycles. The molecule has 1 aromatic carbocycles. The number of benzene rings is 1. The molecule has 1 amide bonds. The van der Waals surface area contributed by atoms with E-state index in [0.29, 0.717) is 43.6 Å². The van der Waals surface area contributed by atoms with Gasteiger partial charge in [-0.25, -0.2) is 14.6 Å². The van der Waals surface area contributed by atoms with Crippen LogP contribution in [0.4, 0.5) is 5.82 Å². The molecule has 0 spiro atoms. The van der Waals surface area contributed by atoms with E-state index in [0.717, 1.165) is 33.5 Å². The van der Waals surface area contributed by atoms with E-state index < -0.39 is 0 Å². The number of nitrogens with zero attached hydrogens (tertiary/aromatic N) is 4. The Hall–Kier alpha value is -2.17. The number of anilines is 1. The van der Waals surface area contributed by atoms with Crippen molar-refractivity contribution in [3.8, 4) is 0 Å². The van der Waals surface area contributed by atoms with E-state index in [2.05, 4.69) is 43.6 Å². The number of carbonyl (C=O) groups excluding carboxylic acids is 1. The summed E-state index contributed by atoms with van der Waals surface area (Å²) >= 11 is 5.04. The minimum absolute atomic E-state index is 0.129. The summed E-state index contributed by atoms with van der Waals surface area (Å²) in [4.78, 5) is 21.8. The van der Waals surface area contributed by atoms with Crippen LogP contribution in [0.2, 0.25) is 0 Å². The molecule has 0 aliphatic carbocycles. The average molecular weight is 507 g/mol. The van der Waals surface area contributed by atoms with Crippen LogP contribution in [0.1, 0.15) is 30.6 Å². The van der Waals surface area contributed by atoms with Gasteiger partial charge in [0, 0.05) is 29.9 Å². The van der Waals surface area contributed by atoms with Crippen LogP contribution in [0.3, 0.4) is 0 Å². The fourth-order valence-electron chi connectivity index (χ4n) is 2.89. The van der Waals surface area contributed by atoms with Gasteiger partial charge in [0.15, 0.2) is 10.8 Å². The molecule has 3 rings (SSSR count). The van der Waals surface area contributed by atoms with Gasteiger partial charge in [-0.05, 0) is 41.4 Å². The summed E-state index contributed by atoms with van der Waals surface area (Å²) < 4.78 is 7.99. The molecule has 0 atom stereocenters. The van der Waals surface area contributed by atoms with E-state index >= 15 is 0 Å². The van der Waals surface area contributed by atoms with Gasteiger partial charge < -0.3 is 15.4 Å². The van der Waals surface area contributed by atoms with Gasteiger partial charge in [-0.2, -0.15) is 5.10 Å². The molecule has 0 radical (unpaired) electrons. The van der Waals surface area contributed by atoms with Crippen LogP contribution in [0.25, 0.3) is 11.0 Å². The van der Waals surface area contributed by atoms with Crippen molar-refractivity contribution in [3.63, 3.8) is 0 Å². The lowest BCUT2D eigenvalue weighted by Gasteiger charge is -2.10. The molecule has 0 saturated heterocycles. The Kier molecular flexibility index (Phi) is 9.11. The summed E-state index contributed by atoms with van der Waals surface area (Å²) in [5.41, 5.74) is 1.36. The van der Waals surface area contributed by atoms with Gasteiger partial charge in [-0.15, -0.1) is 0 Å². The van der Waals surface area contributed by atoms with Gasteiger partial charge >= 0.3 is 0 Å². The Balaban J connectivity index is 1.72. The Morgan fingerprint density at radius 2 is 2.06 bits per heavy atom. The van der Waals surface area contributed by atoms with Gasteiger partial charge in [0.1, 0.15) is 5.82 Å². The van der Waals surface area contributed by atoms with Gasteiger partial charge in [0.05, 0.1) is 30.3 Å². The quantitative estimate of drug-likeness (QED) is 0.218. The molecule has 2 heterocycles. The molecule has 10 heteroatoms. The van der Waals surface area contributed by atoms with Gasteiger partial charge in [-0.3, -0.25) is 4.79 Å². The summed E-state index contributed by atoms with van der Waals surface area (Å²) in [6.07, 6.45) is 2.81. The fourth-order valence-corrected chi connectivity index (χ4v) is 4.05. The highest BCUT2D eigenvalue weighted by molar-refractivity contribution is 9.10. The SMILES string of the molecule is CCCSc1nc(NCCOCC)c2cnn(CCNC(=O)c3ccccc3Br)c2n1. The molecule has 2 aromatic heterocycles. The first-order chi connectivity index (χ1) is 15.1. The fraction of sp³-hybridized carbons (Fsp3) is 0.429. The molecule has 0 bridgehead atoms. The third-order valence-electron chi connectivity index (χ3n) is 4.38. The number of halogens is 1. The lowest BCUT2D eigenvalue weighted by molar-refractivity contribution is 0.0951. The second-order valence-corrected chi connectivity index (χ2v) is 8.58. The third kappa shape index (κ3) is 6.41. The maximum absolute atomic E-state index is 12.4. The topological polar surface area (TPSA) is 94.0 Å². The minimum atomic E-state index is -0.129. The molecule has 2 N–H and O–H groups in total. The monoisotopic (exact) mass is 506 g/mol. The number of rotatable bonds is 12. The number of fused-ring (bicyclic) bond motifs is 1. The number of amides is 1. The van der Waals surface area contributed by atoms with Crippen molar-refractivity contribution < 1.29 is 9.53 Å². The van der Waals surface area contributed by atoms with E-state index in [1.54, 1.807) is 28.7 Å². The molecule has 3 aromatic rings. The lowest BCUT2D eigenvalue weighted by atomic mass is 10.2. The number of carbonyl (C=O) groups is 1. The highest BCUT2D eigenvalue weighted by Gasteiger charge is 2.14. The van der Waals surface area contributed by atoms with Crippen molar-refractivity contribution in [1.29, 1.82) is 0 Å². The van der Waals surface area contributed by atoms with Crippen molar-refractivity contribution in [2.75, 3.05) is 37.4 Å². The standard InChI is InChI=1S/C21H27BrN6O2S/c1-3-13-31-21-26-18(23-10-12-30-4-2)16-14-25-28(19(16)27-21)11-9-24-20(29)15-7-5-6-8-17(15)22/h5-8,14H,3-4,9-13H2,1-2H3,(H,24,29)(H,23,26,27). The largest absolute Gasteiger partial charge is 0.380 e. The Bertz CT molecular complexity index is 1010. The van der Waals surface area contributed by atoms with Crippen LogP contribution in [-0.2, 0) is 11.3 Å². The molecule has 0 unspecified atom stereocenters. The minimum Gasteiger partial charge on any atom is -0.380 e. The van der Waals surface area contributed by atoms with Crippen molar-refractivity contribution in [2.45, 2.75) is 32.0 Å². The van der Waals surface area contributed by atoms with E-state index in [1.807, 2.05) is 25.1 Å². The van der Waals surface area contributed by atoms with Gasteiger partial charge in [0.25, 0.3) is 5.91 Å². The van der Waals surface area contributed by atoms with Gasteiger partial charge in [0.2, 0.25) is 0 Å². The Morgan fingerprint density at radius 3 is 2.84 bits per heavy atom. The van der Waals surface area contributed by atoms with E-state index in [4.69, 9.17) is 9.72 Å². The highest BCUT2D eigenvalue weighted by Crippen LogP contribution is 2.24.